The number of nitrogens with zero attached hydrogens (tertiary/aromatic N) is 6. The van der Waals surface area contributed by atoms with Crippen molar-refractivity contribution < 1.29 is 4.79 Å². The largest absolute Gasteiger partial charge is 0.296 e. The van der Waals surface area contributed by atoms with Gasteiger partial charge in [-0.25, -0.2) is 9.97 Å². The number of aryl methyl sites for hydroxylation is 2. The second-order valence-electron chi connectivity index (χ2n) is 9.81. The molecule has 0 radical (unpaired) electrons. The first-order valence-electron chi connectivity index (χ1n) is 12.6. The third-order valence-corrected chi connectivity index (χ3v) is 7.58. The van der Waals surface area contributed by atoms with Crippen LogP contribution >= 0.6 is 0 Å². The smallest absolute Gasteiger partial charge is 0.228 e. The number of rotatable bonds is 6. The van der Waals surface area contributed by atoms with Crippen LogP contribution in [0.3, 0.4) is 0 Å². The van der Waals surface area contributed by atoms with Crippen LogP contribution in [0.25, 0.3) is 0 Å². The molecule has 1 aliphatic carbocycles. The first-order valence-corrected chi connectivity index (χ1v) is 12.6. The Labute approximate surface area is 191 Å². The molecule has 1 saturated carbocycles. The van der Waals surface area contributed by atoms with Crippen LogP contribution in [0.1, 0.15) is 87.0 Å². The summed E-state index contributed by atoms with van der Waals surface area (Å²) in [5.74, 6) is 2.64. The Balaban J connectivity index is 1.41. The number of likely N-dealkylation sites (tertiary alicyclic amines) is 1. The maximum Gasteiger partial charge on any atom is 0.228 e. The molecule has 7 heteroatoms. The van der Waals surface area contributed by atoms with Gasteiger partial charge in [0.15, 0.2) is 0 Å². The summed E-state index contributed by atoms with van der Waals surface area (Å²) in [6, 6.07) is 0.206. The van der Waals surface area contributed by atoms with Gasteiger partial charge in [-0.05, 0) is 58.4 Å². The maximum atomic E-state index is 13.0. The fourth-order valence-electron chi connectivity index (χ4n) is 5.77. The van der Waals surface area contributed by atoms with Gasteiger partial charge in [-0.3, -0.25) is 19.3 Å². The van der Waals surface area contributed by atoms with Crippen LogP contribution in [0, 0.1) is 12.8 Å². The first kappa shape index (κ1) is 21.6. The first-order chi connectivity index (χ1) is 15.6. The Morgan fingerprint density at radius 3 is 2.69 bits per heavy atom. The molecule has 1 unspecified atom stereocenters. The third-order valence-electron chi connectivity index (χ3n) is 7.58. The Kier molecular flexibility index (Phi) is 6.26. The molecule has 1 amide bonds. The van der Waals surface area contributed by atoms with Gasteiger partial charge in [0.1, 0.15) is 11.6 Å². The second-order valence-corrected chi connectivity index (χ2v) is 9.81. The fourth-order valence-corrected chi connectivity index (χ4v) is 5.77. The average Bonchev–Trinajstić information content (AvgIpc) is 3.46. The predicted octanol–water partition coefficient (Wildman–Crippen LogP) is 4.20. The molecule has 1 atom stereocenters. The minimum absolute atomic E-state index is 0.206. The van der Waals surface area contributed by atoms with E-state index in [0.29, 0.717) is 12.3 Å². The number of hydrogen-bond donors (Lipinski definition) is 0. The zero-order valence-electron chi connectivity index (χ0n) is 19.6. The van der Waals surface area contributed by atoms with E-state index >= 15 is 0 Å². The van der Waals surface area contributed by atoms with Gasteiger partial charge in [0.05, 0.1) is 12.2 Å². The number of aromatic nitrogens is 4. The van der Waals surface area contributed by atoms with Crippen molar-refractivity contribution in [1.82, 2.24) is 24.6 Å². The van der Waals surface area contributed by atoms with E-state index in [9.17, 15) is 4.79 Å². The molecule has 4 heterocycles. The highest BCUT2D eigenvalue weighted by molar-refractivity contribution is 5.95. The molecule has 0 spiro atoms. The lowest BCUT2D eigenvalue weighted by Gasteiger charge is -2.34. The van der Waals surface area contributed by atoms with Gasteiger partial charge < -0.3 is 0 Å². The summed E-state index contributed by atoms with van der Waals surface area (Å²) in [4.78, 5) is 27.5. The van der Waals surface area contributed by atoms with Crippen LogP contribution in [0.2, 0.25) is 0 Å². The number of carbonyl (C=O) groups excluding carboxylic acids is 1. The lowest BCUT2D eigenvalue weighted by atomic mass is 9.88. The van der Waals surface area contributed by atoms with Crippen molar-refractivity contribution >= 4 is 11.7 Å². The lowest BCUT2D eigenvalue weighted by molar-refractivity contribution is -0.119. The Morgan fingerprint density at radius 1 is 1.06 bits per heavy atom. The highest BCUT2D eigenvalue weighted by Gasteiger charge is 2.34. The van der Waals surface area contributed by atoms with Gasteiger partial charge in [0.25, 0.3) is 0 Å². The number of hydrogen-bond acceptors (Lipinski definition) is 5. The van der Waals surface area contributed by atoms with E-state index in [-0.39, 0.29) is 11.9 Å². The average molecular weight is 437 g/mol. The molecule has 2 fully saturated rings. The van der Waals surface area contributed by atoms with Crippen molar-refractivity contribution in [1.29, 1.82) is 0 Å². The van der Waals surface area contributed by atoms with E-state index in [0.717, 1.165) is 62.8 Å². The Hall–Kier alpha value is -2.28. The quantitative estimate of drug-likeness (QED) is 0.679. The van der Waals surface area contributed by atoms with Crippen molar-refractivity contribution in [3.63, 3.8) is 0 Å². The highest BCUT2D eigenvalue weighted by atomic mass is 16.2. The molecule has 0 N–H and O–H groups in total. The number of amides is 1. The van der Waals surface area contributed by atoms with E-state index in [4.69, 9.17) is 9.97 Å². The molecule has 172 valence electrons. The monoisotopic (exact) mass is 436 g/mol. The molecule has 3 aliphatic rings. The van der Waals surface area contributed by atoms with E-state index in [1.165, 1.54) is 43.2 Å². The minimum atomic E-state index is 0.206. The Morgan fingerprint density at radius 2 is 1.91 bits per heavy atom. The summed E-state index contributed by atoms with van der Waals surface area (Å²) in [7, 11) is 0. The highest BCUT2D eigenvalue weighted by Crippen LogP contribution is 2.36. The van der Waals surface area contributed by atoms with E-state index in [1.807, 2.05) is 15.8 Å². The van der Waals surface area contributed by atoms with Gasteiger partial charge in [0.2, 0.25) is 5.91 Å². The van der Waals surface area contributed by atoms with Gasteiger partial charge in [-0.2, -0.15) is 5.10 Å². The summed E-state index contributed by atoms with van der Waals surface area (Å²) < 4.78 is 1.98. The lowest BCUT2D eigenvalue weighted by Crippen LogP contribution is -2.40. The topological polar surface area (TPSA) is 67.2 Å². The van der Waals surface area contributed by atoms with Crippen LogP contribution < -0.4 is 4.90 Å². The summed E-state index contributed by atoms with van der Waals surface area (Å²) in [6.45, 7) is 7.84. The summed E-state index contributed by atoms with van der Waals surface area (Å²) in [5, 5.41) is 4.43. The van der Waals surface area contributed by atoms with E-state index in [1.54, 1.807) is 0 Å². The molecule has 0 aromatic carbocycles. The molecule has 2 aromatic heterocycles. The summed E-state index contributed by atoms with van der Waals surface area (Å²) in [6.07, 6.45) is 14.1. The molecular formula is C25H36N6O. The molecule has 2 aromatic rings. The van der Waals surface area contributed by atoms with Gasteiger partial charge >= 0.3 is 0 Å². The van der Waals surface area contributed by atoms with Crippen LogP contribution in [-0.2, 0) is 24.3 Å². The normalized spacial score (nSPS) is 22.5. The molecule has 1 saturated heterocycles. The maximum absolute atomic E-state index is 13.0. The minimum Gasteiger partial charge on any atom is -0.296 e. The van der Waals surface area contributed by atoms with E-state index in [2.05, 4.69) is 30.0 Å². The Bertz CT molecular complexity index is 963. The molecular weight excluding hydrogens is 400 g/mol. The van der Waals surface area contributed by atoms with Crippen LogP contribution in [-0.4, -0.2) is 43.6 Å². The van der Waals surface area contributed by atoms with Crippen molar-refractivity contribution in [3.8, 4) is 0 Å². The summed E-state index contributed by atoms with van der Waals surface area (Å²) >= 11 is 0. The zero-order valence-corrected chi connectivity index (χ0v) is 19.6. The van der Waals surface area contributed by atoms with Crippen LogP contribution in [0.4, 0.5) is 5.82 Å². The van der Waals surface area contributed by atoms with Crippen molar-refractivity contribution in [3.05, 3.63) is 35.0 Å². The van der Waals surface area contributed by atoms with Gasteiger partial charge in [-0.1, -0.05) is 19.3 Å². The number of carbonyl (C=O) groups is 1. The van der Waals surface area contributed by atoms with Gasteiger partial charge in [-0.15, -0.1) is 0 Å². The number of anilines is 1. The van der Waals surface area contributed by atoms with Crippen LogP contribution in [0.15, 0.2) is 12.4 Å². The number of fused-ring (bicyclic) bond motifs is 1. The van der Waals surface area contributed by atoms with Crippen molar-refractivity contribution in [2.75, 3.05) is 18.0 Å². The van der Waals surface area contributed by atoms with Crippen molar-refractivity contribution in [2.45, 2.75) is 90.8 Å². The molecule has 2 aliphatic heterocycles. The standard InChI is InChI=1S/C25H36N6O/c1-3-30-16-20(14-26-30)15-29-13-7-10-22(29)24-27-18(2)21-11-12-23(32)31(25(21)28-24)17-19-8-5-4-6-9-19/h14,16,19,22H,3-13,15,17H2,1-2H3. The predicted molar refractivity (Wildman–Crippen MR) is 124 cm³/mol. The zero-order chi connectivity index (χ0) is 22.1. The fraction of sp³-hybridized carbons (Fsp3) is 0.680. The summed E-state index contributed by atoms with van der Waals surface area (Å²) in [5.41, 5.74) is 3.47. The second kappa shape index (κ2) is 9.30. The molecule has 5 rings (SSSR count). The molecule has 32 heavy (non-hydrogen) atoms. The van der Waals surface area contributed by atoms with Crippen LogP contribution in [0.5, 0.6) is 0 Å². The molecule has 7 nitrogen and oxygen atoms in total. The SMILES string of the molecule is CCn1cc(CN2CCCC2c2nc(C)c3c(n2)N(CC2CCCCC2)C(=O)CC3)cn1. The van der Waals surface area contributed by atoms with Gasteiger partial charge in [0, 0.05) is 49.1 Å². The third kappa shape index (κ3) is 4.32. The molecule has 0 bridgehead atoms. The van der Waals surface area contributed by atoms with E-state index < -0.39 is 0 Å². The van der Waals surface area contributed by atoms with Crippen molar-refractivity contribution in [2.24, 2.45) is 5.92 Å².